The fraction of sp³-hybridized carbons (Fsp3) is 0.130. The minimum absolute atomic E-state index is 0.00344. The minimum atomic E-state index is -0.158. The number of carbonyl (C=O) groups is 1. The molecule has 0 saturated heterocycles. The third-order valence-electron chi connectivity index (χ3n) is 4.62. The van der Waals surface area contributed by atoms with Crippen LogP contribution in [0.1, 0.15) is 11.3 Å². The molecule has 140 valence electrons. The van der Waals surface area contributed by atoms with E-state index in [0.29, 0.717) is 5.75 Å². The Morgan fingerprint density at radius 3 is 2.50 bits per heavy atom. The maximum atomic E-state index is 11.3. The lowest BCUT2D eigenvalue weighted by atomic mass is 10.0. The van der Waals surface area contributed by atoms with Gasteiger partial charge in [0.05, 0.1) is 11.4 Å². The summed E-state index contributed by atoms with van der Waals surface area (Å²) in [6, 6.07) is 24.1. The molecule has 0 aliphatic carbocycles. The number of pyridine rings is 1. The van der Waals surface area contributed by atoms with E-state index in [1.807, 2.05) is 54.7 Å². The molecule has 0 saturated carbocycles. The van der Waals surface area contributed by atoms with Crippen LogP contribution in [0.2, 0.25) is 0 Å². The predicted molar refractivity (Wildman–Crippen MR) is 109 cm³/mol. The number of ether oxygens (including phenoxy) is 1. The maximum absolute atomic E-state index is 11.3. The number of amides is 1. The smallest absolute Gasteiger partial charge is 0.257 e. The van der Waals surface area contributed by atoms with Gasteiger partial charge in [-0.05, 0) is 42.0 Å². The van der Waals surface area contributed by atoms with Crippen molar-refractivity contribution in [1.82, 2.24) is 14.7 Å². The first-order valence-electron chi connectivity index (χ1n) is 9.18. The Kier molecular flexibility index (Phi) is 5.06. The molecule has 0 aliphatic heterocycles. The lowest BCUT2D eigenvalue weighted by Gasteiger charge is -2.08. The molecule has 0 atom stereocenters. The molecule has 4 aromatic rings. The van der Waals surface area contributed by atoms with Crippen LogP contribution in [0.3, 0.4) is 0 Å². The highest BCUT2D eigenvalue weighted by atomic mass is 16.5. The first-order chi connectivity index (χ1) is 13.7. The van der Waals surface area contributed by atoms with Gasteiger partial charge in [0.1, 0.15) is 11.4 Å². The average Bonchev–Trinajstić information content (AvgIpc) is 3.11. The van der Waals surface area contributed by atoms with Crippen molar-refractivity contribution in [3.8, 4) is 17.0 Å². The van der Waals surface area contributed by atoms with E-state index in [1.165, 1.54) is 5.56 Å². The van der Waals surface area contributed by atoms with Crippen LogP contribution < -0.4 is 10.1 Å². The van der Waals surface area contributed by atoms with Crippen LogP contribution in [0.15, 0.2) is 79.0 Å². The maximum Gasteiger partial charge on any atom is 0.257 e. The number of imidazole rings is 1. The summed E-state index contributed by atoms with van der Waals surface area (Å²) < 4.78 is 7.63. The number of hydrogen-bond acceptors (Lipinski definition) is 3. The second kappa shape index (κ2) is 7.96. The van der Waals surface area contributed by atoms with Crippen molar-refractivity contribution in [1.29, 1.82) is 0 Å². The number of nitrogens with zero attached hydrogens (tertiary/aromatic N) is 2. The molecule has 0 bridgehead atoms. The summed E-state index contributed by atoms with van der Waals surface area (Å²) in [5.41, 5.74) is 5.26. The number of fused-ring (bicyclic) bond motifs is 1. The Balaban J connectivity index is 1.68. The van der Waals surface area contributed by atoms with E-state index in [9.17, 15) is 4.79 Å². The number of rotatable bonds is 6. The number of likely N-dealkylation sites (N-methyl/N-ethyl adjacent to an activating group) is 1. The van der Waals surface area contributed by atoms with E-state index in [2.05, 4.69) is 34.0 Å². The van der Waals surface area contributed by atoms with Gasteiger partial charge in [-0.1, -0.05) is 36.4 Å². The number of hydrogen-bond donors (Lipinski definition) is 1. The summed E-state index contributed by atoms with van der Waals surface area (Å²) in [5, 5.41) is 2.54. The SMILES string of the molecule is CNC(=O)COc1ccc(-c2nc3ccccn3c2Cc2ccccc2)cc1. The summed E-state index contributed by atoms with van der Waals surface area (Å²) in [6.45, 7) is 0.00344. The molecule has 5 heteroatoms. The number of aromatic nitrogens is 2. The first kappa shape index (κ1) is 17.8. The molecule has 1 N–H and O–H groups in total. The van der Waals surface area contributed by atoms with Crippen molar-refractivity contribution < 1.29 is 9.53 Å². The zero-order chi connectivity index (χ0) is 19.3. The number of carbonyl (C=O) groups excluding carboxylic acids is 1. The van der Waals surface area contributed by atoms with Crippen LogP contribution in [-0.2, 0) is 11.2 Å². The van der Waals surface area contributed by atoms with Crippen LogP contribution in [0, 0.1) is 0 Å². The van der Waals surface area contributed by atoms with Crippen molar-refractivity contribution in [2.75, 3.05) is 13.7 Å². The number of benzene rings is 2. The summed E-state index contributed by atoms with van der Waals surface area (Å²) >= 11 is 0. The molecule has 1 amide bonds. The van der Waals surface area contributed by atoms with Gasteiger partial charge in [0.2, 0.25) is 0 Å². The van der Waals surface area contributed by atoms with E-state index < -0.39 is 0 Å². The van der Waals surface area contributed by atoms with Gasteiger partial charge in [0.25, 0.3) is 5.91 Å². The largest absolute Gasteiger partial charge is 0.484 e. The second-order valence-electron chi connectivity index (χ2n) is 6.48. The fourth-order valence-corrected chi connectivity index (χ4v) is 3.17. The molecule has 2 aromatic heterocycles. The van der Waals surface area contributed by atoms with Gasteiger partial charge in [-0.3, -0.25) is 4.79 Å². The number of nitrogens with one attached hydrogen (secondary N) is 1. The van der Waals surface area contributed by atoms with E-state index in [1.54, 1.807) is 7.05 Å². The highest BCUT2D eigenvalue weighted by Crippen LogP contribution is 2.28. The lowest BCUT2D eigenvalue weighted by Crippen LogP contribution is -2.24. The molecule has 0 radical (unpaired) electrons. The Morgan fingerprint density at radius 1 is 1.00 bits per heavy atom. The van der Waals surface area contributed by atoms with Crippen LogP contribution in [-0.4, -0.2) is 28.9 Å². The van der Waals surface area contributed by atoms with Gasteiger partial charge in [0, 0.05) is 25.2 Å². The molecular weight excluding hydrogens is 350 g/mol. The predicted octanol–water partition coefficient (Wildman–Crippen LogP) is 3.72. The Morgan fingerprint density at radius 2 is 1.75 bits per heavy atom. The van der Waals surface area contributed by atoms with Crippen molar-refractivity contribution in [3.05, 3.63) is 90.3 Å². The summed E-state index contributed by atoms with van der Waals surface area (Å²) in [6.07, 6.45) is 2.83. The average molecular weight is 371 g/mol. The van der Waals surface area contributed by atoms with Gasteiger partial charge in [0.15, 0.2) is 6.61 Å². The van der Waals surface area contributed by atoms with Crippen molar-refractivity contribution in [2.45, 2.75) is 6.42 Å². The van der Waals surface area contributed by atoms with Crippen LogP contribution in [0.25, 0.3) is 16.9 Å². The molecule has 4 rings (SSSR count). The Bertz CT molecular complexity index is 1090. The first-order valence-corrected chi connectivity index (χ1v) is 9.18. The molecule has 28 heavy (non-hydrogen) atoms. The summed E-state index contributed by atoms with van der Waals surface area (Å²) in [7, 11) is 1.59. The van der Waals surface area contributed by atoms with E-state index in [-0.39, 0.29) is 12.5 Å². The van der Waals surface area contributed by atoms with E-state index >= 15 is 0 Å². The molecule has 0 spiro atoms. The monoisotopic (exact) mass is 371 g/mol. The highest BCUT2D eigenvalue weighted by Gasteiger charge is 2.14. The molecular formula is C23H21N3O2. The topological polar surface area (TPSA) is 55.6 Å². The quantitative estimate of drug-likeness (QED) is 0.562. The van der Waals surface area contributed by atoms with Crippen LogP contribution >= 0.6 is 0 Å². The van der Waals surface area contributed by atoms with E-state index in [0.717, 1.165) is 29.0 Å². The molecule has 0 aliphatic rings. The lowest BCUT2D eigenvalue weighted by molar-refractivity contribution is -0.122. The summed E-state index contributed by atoms with van der Waals surface area (Å²) in [5.74, 6) is 0.496. The Hall–Kier alpha value is -3.60. The molecule has 0 unspecified atom stereocenters. The highest BCUT2D eigenvalue weighted by molar-refractivity contribution is 5.77. The zero-order valence-corrected chi connectivity index (χ0v) is 15.6. The van der Waals surface area contributed by atoms with E-state index in [4.69, 9.17) is 9.72 Å². The third-order valence-corrected chi connectivity index (χ3v) is 4.62. The molecule has 2 aromatic carbocycles. The Labute approximate surface area is 163 Å². The fourth-order valence-electron chi connectivity index (χ4n) is 3.17. The van der Waals surface area contributed by atoms with Gasteiger partial charge in [-0.25, -0.2) is 4.98 Å². The van der Waals surface area contributed by atoms with Gasteiger partial charge < -0.3 is 14.5 Å². The van der Waals surface area contributed by atoms with Crippen molar-refractivity contribution >= 4 is 11.6 Å². The molecule has 0 fully saturated rings. The normalized spacial score (nSPS) is 10.8. The minimum Gasteiger partial charge on any atom is -0.484 e. The zero-order valence-electron chi connectivity index (χ0n) is 15.6. The molecule has 5 nitrogen and oxygen atoms in total. The third kappa shape index (κ3) is 3.74. The standard InChI is InChI=1S/C23H21N3O2/c1-24-22(27)16-28-19-12-10-18(11-13-19)23-20(15-17-7-3-2-4-8-17)26-14-6-5-9-21(26)25-23/h2-14H,15-16H2,1H3,(H,24,27). The van der Waals surface area contributed by atoms with Crippen LogP contribution in [0.4, 0.5) is 0 Å². The molecule has 2 heterocycles. The van der Waals surface area contributed by atoms with Gasteiger partial charge >= 0.3 is 0 Å². The van der Waals surface area contributed by atoms with Gasteiger partial charge in [-0.15, -0.1) is 0 Å². The summed E-state index contributed by atoms with van der Waals surface area (Å²) in [4.78, 5) is 16.2. The van der Waals surface area contributed by atoms with Crippen LogP contribution in [0.5, 0.6) is 5.75 Å². The van der Waals surface area contributed by atoms with Crippen molar-refractivity contribution in [2.24, 2.45) is 0 Å². The van der Waals surface area contributed by atoms with Gasteiger partial charge in [-0.2, -0.15) is 0 Å². The second-order valence-corrected chi connectivity index (χ2v) is 6.48. The van der Waals surface area contributed by atoms with Crippen molar-refractivity contribution in [3.63, 3.8) is 0 Å².